The van der Waals surface area contributed by atoms with E-state index in [0.29, 0.717) is 6.92 Å². The number of rotatable bonds is 8. The summed E-state index contributed by atoms with van der Waals surface area (Å²) in [6, 6.07) is 0. The second kappa shape index (κ2) is 14.7. The van der Waals surface area contributed by atoms with Crippen molar-refractivity contribution in [2.24, 2.45) is 0 Å². The lowest BCUT2D eigenvalue weighted by atomic mass is 9.64. The van der Waals surface area contributed by atoms with E-state index in [4.69, 9.17) is 18.9 Å². The number of ether oxygens (including phenoxy) is 4. The Morgan fingerprint density at radius 2 is 0.938 bits per heavy atom. The summed E-state index contributed by atoms with van der Waals surface area (Å²) >= 11 is 0. The van der Waals surface area contributed by atoms with Crippen molar-refractivity contribution in [2.45, 2.75) is 128 Å². The number of nitrogens with zero attached hydrogens (tertiary/aromatic N) is 1. The summed E-state index contributed by atoms with van der Waals surface area (Å²) in [7, 11) is 0. The van der Waals surface area contributed by atoms with Crippen LogP contribution in [0.3, 0.4) is 0 Å². The molecule has 4 saturated heterocycles. The summed E-state index contributed by atoms with van der Waals surface area (Å²) in [5.41, 5.74) is -3.60. The lowest BCUT2D eigenvalue weighted by molar-refractivity contribution is -0.450. The van der Waals surface area contributed by atoms with Gasteiger partial charge in [0.2, 0.25) is 11.7 Å². The number of carbonyl (C=O) groups excluding carboxylic acids is 1. The third kappa shape index (κ3) is 5.85. The first kappa shape index (κ1) is 39.5. The molecule has 4 aliphatic rings. The van der Waals surface area contributed by atoms with Crippen molar-refractivity contribution < 1.29 is 105 Å². The molecule has 4 unspecified atom stereocenters. The summed E-state index contributed by atoms with van der Waals surface area (Å²) in [5, 5.41) is 173. The average molecular weight is 708 g/mol. The third-order valence-electron chi connectivity index (χ3n) is 9.70. The van der Waals surface area contributed by atoms with Gasteiger partial charge in [-0.25, -0.2) is 0 Å². The molecule has 1 amide bonds. The smallest absolute Gasteiger partial charge is 0.225 e. The maximum atomic E-state index is 13.8. The Balaban J connectivity index is 2.12. The van der Waals surface area contributed by atoms with Crippen LogP contribution in [0.25, 0.3) is 0 Å². The van der Waals surface area contributed by atoms with Gasteiger partial charge in [0.25, 0.3) is 0 Å². The molecule has 0 aliphatic carbocycles. The first-order chi connectivity index (χ1) is 22.4. The molecule has 4 fully saturated rings. The Kier molecular flexibility index (Phi) is 12.1. The van der Waals surface area contributed by atoms with Gasteiger partial charge in [0.1, 0.15) is 104 Å². The Hall–Kier alpha value is -1.33. The predicted molar refractivity (Wildman–Crippen MR) is 145 cm³/mol. The predicted octanol–water partition coefficient (Wildman–Crippen LogP) is -11.1. The second-order valence-corrected chi connectivity index (χ2v) is 12.4. The molecule has 0 saturated carbocycles. The van der Waals surface area contributed by atoms with Crippen LogP contribution in [-0.2, 0) is 23.7 Å². The molecule has 22 heteroatoms. The topological polar surface area (TPSA) is 381 Å². The Labute approximate surface area is 271 Å². The van der Waals surface area contributed by atoms with Gasteiger partial charge in [-0.3, -0.25) is 9.69 Å². The number of hydrogen-bond donors (Lipinski definition) is 16. The van der Waals surface area contributed by atoms with Gasteiger partial charge in [-0.2, -0.15) is 0 Å². The lowest BCUT2D eigenvalue weighted by Crippen LogP contribution is -2.91. The molecule has 0 radical (unpaired) electrons. The quantitative estimate of drug-likeness (QED) is 0.111. The molecule has 0 aromatic carbocycles. The molecule has 0 bridgehead atoms. The van der Waals surface area contributed by atoms with Gasteiger partial charge in [-0.05, 0) is 0 Å². The highest BCUT2D eigenvalue weighted by atomic mass is 16.7. The number of amides is 1. The van der Waals surface area contributed by atoms with E-state index in [-0.39, 0.29) is 4.90 Å². The SMILES string of the molecule is CC(=O)N(C1O[C@H](CO)[C@@H](O)[C@H](O)[C@@H]1O)[C@]1(C2O[C@H](CO)[C@@H](O)[C@H](O)[C@@H]2O)[C@@H](O)[C@H](O)[C@@H](CO)OC1(O)C1O[C@H](CO)[C@@H](O)[C@H](O)[C@@H]1O. The summed E-state index contributed by atoms with van der Waals surface area (Å²) < 4.78 is 22.4. The van der Waals surface area contributed by atoms with Gasteiger partial charge in [-0.1, -0.05) is 0 Å². The van der Waals surface area contributed by atoms with Gasteiger partial charge < -0.3 is 101 Å². The summed E-state index contributed by atoms with van der Waals surface area (Å²) in [4.78, 5) is 13.9. The van der Waals surface area contributed by atoms with E-state index in [1.54, 1.807) is 0 Å². The number of carbonyl (C=O) groups is 1. The van der Waals surface area contributed by atoms with Gasteiger partial charge in [-0.15, -0.1) is 0 Å². The molecule has 4 rings (SSSR count). The minimum absolute atomic E-state index is 0.116. The molecule has 16 N–H and O–H groups in total. The molecular weight excluding hydrogens is 662 g/mol. The zero-order chi connectivity index (χ0) is 36.2. The highest BCUT2D eigenvalue weighted by Gasteiger charge is 2.79. The van der Waals surface area contributed by atoms with Gasteiger partial charge >= 0.3 is 0 Å². The van der Waals surface area contributed by atoms with Crippen molar-refractivity contribution in [1.82, 2.24) is 4.90 Å². The van der Waals surface area contributed by atoms with E-state index < -0.39 is 154 Å². The highest BCUT2D eigenvalue weighted by Crippen LogP contribution is 2.52. The molecule has 48 heavy (non-hydrogen) atoms. The lowest BCUT2D eigenvalue weighted by Gasteiger charge is -2.67. The molecule has 0 aromatic rings. The Morgan fingerprint density at radius 1 is 0.542 bits per heavy atom. The fourth-order valence-electron chi connectivity index (χ4n) is 7.17. The summed E-state index contributed by atoms with van der Waals surface area (Å²) in [5.74, 6) is -5.25. The van der Waals surface area contributed by atoms with Crippen LogP contribution in [0.4, 0.5) is 0 Å². The van der Waals surface area contributed by atoms with Crippen molar-refractivity contribution in [3.63, 3.8) is 0 Å². The minimum Gasteiger partial charge on any atom is -0.394 e. The van der Waals surface area contributed by atoms with Crippen LogP contribution in [0.2, 0.25) is 0 Å². The first-order valence-corrected chi connectivity index (χ1v) is 15.0. The second-order valence-electron chi connectivity index (χ2n) is 12.4. The van der Waals surface area contributed by atoms with Gasteiger partial charge in [0, 0.05) is 6.92 Å². The van der Waals surface area contributed by atoms with Crippen molar-refractivity contribution in [1.29, 1.82) is 0 Å². The number of aliphatic hydroxyl groups is 16. The molecule has 22 nitrogen and oxygen atoms in total. The molecule has 4 aliphatic heterocycles. The van der Waals surface area contributed by atoms with E-state index in [0.717, 1.165) is 0 Å². The normalized spacial score (nSPS) is 53.4. The van der Waals surface area contributed by atoms with E-state index in [2.05, 4.69) is 0 Å². The summed E-state index contributed by atoms with van der Waals surface area (Å²) in [6.07, 6.45) is -41.6. The fraction of sp³-hybridized carbons (Fsp3) is 0.962. The molecule has 20 atom stereocenters. The van der Waals surface area contributed by atoms with Crippen LogP contribution >= 0.6 is 0 Å². The van der Waals surface area contributed by atoms with E-state index in [9.17, 15) is 86.5 Å². The maximum absolute atomic E-state index is 13.8. The van der Waals surface area contributed by atoms with Crippen LogP contribution < -0.4 is 0 Å². The highest BCUT2D eigenvalue weighted by molar-refractivity contribution is 5.75. The van der Waals surface area contributed by atoms with Gasteiger partial charge in [0.15, 0.2) is 11.8 Å². The first-order valence-electron chi connectivity index (χ1n) is 15.0. The van der Waals surface area contributed by atoms with Gasteiger partial charge in [0.05, 0.1) is 26.4 Å². The fourth-order valence-corrected chi connectivity index (χ4v) is 7.17. The summed E-state index contributed by atoms with van der Waals surface area (Å²) in [6.45, 7) is -3.94. The van der Waals surface area contributed by atoms with Crippen LogP contribution in [0.15, 0.2) is 0 Å². The largest absolute Gasteiger partial charge is 0.394 e. The Bertz CT molecular complexity index is 1100. The van der Waals surface area contributed by atoms with Crippen molar-refractivity contribution in [3.8, 4) is 0 Å². The monoisotopic (exact) mass is 707 g/mol. The van der Waals surface area contributed by atoms with Crippen LogP contribution in [0.1, 0.15) is 6.92 Å². The van der Waals surface area contributed by atoms with Crippen LogP contribution in [-0.4, -0.2) is 240 Å². The van der Waals surface area contributed by atoms with E-state index in [1.807, 2.05) is 0 Å². The Morgan fingerprint density at radius 3 is 1.38 bits per heavy atom. The van der Waals surface area contributed by atoms with E-state index in [1.165, 1.54) is 0 Å². The molecular formula is C26H45NO21. The van der Waals surface area contributed by atoms with Crippen LogP contribution in [0.5, 0.6) is 0 Å². The molecule has 0 aromatic heterocycles. The standard InChI is InChI=1S/C26H45NO21/c1-6(32)27(24-20(42)17(39)13(35)9(4-30)47-24)25(22-18(40)15(37)11(33)7(2-28)45-22)21(43)14(36)10(5-31)48-26(25,44)23-19(41)16(38)12(34)8(3-29)46-23/h7-24,28-31,33-44H,2-5H2,1H3/t7-,8-,9-,10-,11-,12-,13-,14-,15+,16+,17+,18+,19+,20+,21+,22?,23?,24?,25+,26?/m1/s1. The van der Waals surface area contributed by atoms with E-state index >= 15 is 0 Å². The van der Waals surface area contributed by atoms with Crippen molar-refractivity contribution in [2.75, 3.05) is 26.4 Å². The minimum atomic E-state index is -3.81. The molecule has 4 heterocycles. The average Bonchev–Trinajstić information content (AvgIpc) is 3.06. The van der Waals surface area contributed by atoms with Crippen molar-refractivity contribution in [3.05, 3.63) is 0 Å². The molecule has 0 spiro atoms. The van der Waals surface area contributed by atoms with Crippen LogP contribution in [0, 0.1) is 0 Å². The zero-order valence-electron chi connectivity index (χ0n) is 25.4. The van der Waals surface area contributed by atoms with Crippen molar-refractivity contribution >= 4 is 5.91 Å². The number of aliphatic hydroxyl groups excluding tert-OH is 15. The number of hydrogen-bond acceptors (Lipinski definition) is 21. The third-order valence-corrected chi connectivity index (χ3v) is 9.70. The zero-order valence-corrected chi connectivity index (χ0v) is 25.4. The molecule has 280 valence electrons. The maximum Gasteiger partial charge on any atom is 0.225 e.